The SMILES string of the molecule is C[N+]1=C(/C=C2\C(=O)C(c3c[nH]c4ccccc34)=C2O)C(C)(C)c2ccccc21. The summed E-state index contributed by atoms with van der Waals surface area (Å²) in [4.78, 5) is 16.1. The summed E-state index contributed by atoms with van der Waals surface area (Å²) in [5.41, 5.74) is 5.58. The third kappa shape index (κ3) is 2.06. The minimum Gasteiger partial charge on any atom is -0.506 e. The first kappa shape index (κ1) is 16.8. The van der Waals surface area contributed by atoms with Gasteiger partial charge in [-0.15, -0.1) is 0 Å². The maximum absolute atomic E-state index is 13.0. The smallest absolute Gasteiger partial charge is 0.209 e. The van der Waals surface area contributed by atoms with Gasteiger partial charge in [-0.2, -0.15) is 4.58 Å². The van der Waals surface area contributed by atoms with Crippen LogP contribution in [0.1, 0.15) is 25.0 Å². The summed E-state index contributed by atoms with van der Waals surface area (Å²) in [6.45, 7) is 4.29. The van der Waals surface area contributed by atoms with Crippen molar-refractivity contribution in [1.82, 2.24) is 4.98 Å². The first-order valence-electron chi connectivity index (χ1n) is 9.38. The van der Waals surface area contributed by atoms with E-state index < -0.39 is 0 Å². The number of aliphatic hydroxyl groups excluding tert-OH is 1. The molecule has 0 atom stereocenters. The van der Waals surface area contributed by atoms with Gasteiger partial charge in [-0.05, 0) is 19.9 Å². The van der Waals surface area contributed by atoms with Crippen LogP contribution < -0.4 is 0 Å². The van der Waals surface area contributed by atoms with E-state index in [9.17, 15) is 9.90 Å². The lowest BCUT2D eigenvalue weighted by molar-refractivity contribution is -0.401. The first-order valence-corrected chi connectivity index (χ1v) is 9.38. The van der Waals surface area contributed by atoms with E-state index >= 15 is 0 Å². The summed E-state index contributed by atoms with van der Waals surface area (Å²) >= 11 is 0. The van der Waals surface area contributed by atoms with E-state index in [0.717, 1.165) is 27.9 Å². The molecule has 0 saturated heterocycles. The maximum Gasteiger partial charge on any atom is 0.209 e. The quantitative estimate of drug-likeness (QED) is 0.510. The number of nitrogens with zero attached hydrogens (tertiary/aromatic N) is 1. The molecule has 2 aromatic carbocycles. The number of H-pyrrole nitrogens is 1. The predicted octanol–water partition coefficient (Wildman–Crippen LogP) is 4.65. The number of nitrogens with one attached hydrogen (secondary N) is 1. The number of hydrogen-bond acceptors (Lipinski definition) is 2. The van der Waals surface area contributed by atoms with Crippen LogP contribution >= 0.6 is 0 Å². The van der Waals surface area contributed by atoms with E-state index in [0.29, 0.717) is 11.1 Å². The number of aromatic amines is 1. The number of aliphatic hydroxyl groups is 1. The summed E-state index contributed by atoms with van der Waals surface area (Å²) in [5.74, 6) is -0.0441. The summed E-state index contributed by atoms with van der Waals surface area (Å²) in [7, 11) is 2.00. The fourth-order valence-corrected chi connectivity index (χ4v) is 4.48. The Morgan fingerprint density at radius 1 is 1.07 bits per heavy atom. The topological polar surface area (TPSA) is 56.1 Å². The van der Waals surface area contributed by atoms with Crippen LogP contribution in [0.25, 0.3) is 16.5 Å². The van der Waals surface area contributed by atoms with Crippen LogP contribution in [0.5, 0.6) is 0 Å². The number of carbonyl (C=O) groups is 1. The number of rotatable bonds is 2. The normalized spacial score (nSPS) is 19.5. The van der Waals surface area contributed by atoms with Gasteiger partial charge in [-0.25, -0.2) is 0 Å². The van der Waals surface area contributed by atoms with Crippen molar-refractivity contribution < 1.29 is 14.5 Å². The van der Waals surface area contributed by atoms with Crippen molar-refractivity contribution in [3.8, 4) is 0 Å². The molecule has 0 amide bonds. The van der Waals surface area contributed by atoms with E-state index in [2.05, 4.69) is 35.5 Å². The Hall–Kier alpha value is -3.40. The van der Waals surface area contributed by atoms with Crippen LogP contribution in [-0.2, 0) is 10.2 Å². The van der Waals surface area contributed by atoms with E-state index in [1.807, 2.05) is 49.5 Å². The molecule has 4 heteroatoms. The van der Waals surface area contributed by atoms with Crippen LogP contribution in [0.15, 0.2) is 72.1 Å². The van der Waals surface area contributed by atoms with Crippen LogP contribution in [0, 0.1) is 0 Å². The van der Waals surface area contributed by atoms with Crippen LogP contribution in [0.2, 0.25) is 0 Å². The molecule has 1 aliphatic heterocycles. The number of Topliss-reactive ketones (excluding diaryl/α,β-unsaturated/α-hetero) is 1. The van der Waals surface area contributed by atoms with Crippen molar-refractivity contribution >= 4 is 33.7 Å². The van der Waals surface area contributed by atoms with Crippen molar-refractivity contribution in [2.75, 3.05) is 7.05 Å². The maximum atomic E-state index is 13.0. The van der Waals surface area contributed by atoms with E-state index in [1.54, 1.807) is 6.20 Å². The van der Waals surface area contributed by atoms with Crippen LogP contribution in [0.4, 0.5) is 5.69 Å². The molecule has 3 aromatic rings. The van der Waals surface area contributed by atoms with Crippen molar-refractivity contribution in [2.24, 2.45) is 0 Å². The summed E-state index contributed by atoms with van der Waals surface area (Å²) in [6.07, 6.45) is 3.63. The van der Waals surface area contributed by atoms with Gasteiger partial charge < -0.3 is 10.1 Å². The number of hydrogen-bond donors (Lipinski definition) is 2. The Morgan fingerprint density at radius 3 is 2.54 bits per heavy atom. The van der Waals surface area contributed by atoms with Gasteiger partial charge in [0.2, 0.25) is 11.5 Å². The second-order valence-corrected chi connectivity index (χ2v) is 7.95. The Kier molecular flexibility index (Phi) is 3.32. The molecule has 0 unspecified atom stereocenters. The molecule has 4 nitrogen and oxygen atoms in total. The summed E-state index contributed by atoms with van der Waals surface area (Å²) in [6, 6.07) is 16.0. The molecule has 2 heterocycles. The number of ketones is 1. The molecule has 28 heavy (non-hydrogen) atoms. The van der Waals surface area contributed by atoms with Crippen molar-refractivity contribution in [1.29, 1.82) is 0 Å². The molecule has 138 valence electrons. The molecule has 1 aliphatic carbocycles. The molecular formula is C24H21N2O2+. The highest BCUT2D eigenvalue weighted by Gasteiger charge is 2.45. The lowest BCUT2D eigenvalue weighted by Crippen LogP contribution is -2.30. The zero-order chi connectivity index (χ0) is 19.6. The van der Waals surface area contributed by atoms with Gasteiger partial charge in [-0.1, -0.05) is 36.4 Å². The monoisotopic (exact) mass is 369 g/mol. The van der Waals surface area contributed by atoms with Gasteiger partial charge in [0.1, 0.15) is 12.8 Å². The standard InChI is InChI=1S/C24H20N2O2/c1-24(2)17-9-5-7-11-19(17)26(3)20(24)12-15-22(27)21(23(15)28)16-13-25-18-10-6-4-8-14(16)18/h4-13H,1-3H3,(H,27,28)/p+1. The molecule has 0 bridgehead atoms. The largest absolute Gasteiger partial charge is 0.506 e. The van der Waals surface area contributed by atoms with Crippen molar-refractivity contribution in [3.05, 3.63) is 83.3 Å². The lowest BCUT2D eigenvalue weighted by Gasteiger charge is -2.22. The predicted molar refractivity (Wildman–Crippen MR) is 111 cm³/mol. The van der Waals surface area contributed by atoms with Gasteiger partial charge >= 0.3 is 0 Å². The Labute approximate surface area is 163 Å². The van der Waals surface area contributed by atoms with Gasteiger partial charge in [0, 0.05) is 40.4 Å². The third-order valence-corrected chi connectivity index (χ3v) is 6.04. The number of allylic oxidation sites excluding steroid dienone is 3. The highest BCUT2D eigenvalue weighted by atomic mass is 16.3. The first-order chi connectivity index (χ1) is 13.4. The molecule has 2 aliphatic rings. The van der Waals surface area contributed by atoms with Crippen LogP contribution in [0.3, 0.4) is 0 Å². The number of carbonyl (C=O) groups excluding carboxylic acids is 1. The van der Waals surface area contributed by atoms with Gasteiger partial charge in [-0.3, -0.25) is 4.79 Å². The highest BCUT2D eigenvalue weighted by Crippen LogP contribution is 2.43. The molecule has 1 aromatic heterocycles. The second kappa shape index (κ2) is 5.55. The molecular weight excluding hydrogens is 348 g/mol. The van der Waals surface area contributed by atoms with Crippen LogP contribution in [-0.4, -0.2) is 33.2 Å². The van der Waals surface area contributed by atoms with Crippen molar-refractivity contribution in [2.45, 2.75) is 19.3 Å². The molecule has 5 rings (SSSR count). The van der Waals surface area contributed by atoms with Crippen molar-refractivity contribution in [3.63, 3.8) is 0 Å². The summed E-state index contributed by atoms with van der Waals surface area (Å²) < 4.78 is 2.10. The average molecular weight is 369 g/mol. The zero-order valence-electron chi connectivity index (χ0n) is 16.1. The van der Waals surface area contributed by atoms with Gasteiger partial charge in [0.25, 0.3) is 0 Å². The number of fused-ring (bicyclic) bond motifs is 2. The van der Waals surface area contributed by atoms with Gasteiger partial charge in [0.05, 0.1) is 16.6 Å². The average Bonchev–Trinajstić information content (AvgIpc) is 3.19. The molecule has 0 radical (unpaired) electrons. The third-order valence-electron chi connectivity index (χ3n) is 6.04. The minimum atomic E-state index is -0.241. The Bertz CT molecular complexity index is 1270. The lowest BCUT2D eigenvalue weighted by atomic mass is 9.77. The zero-order valence-corrected chi connectivity index (χ0v) is 16.1. The van der Waals surface area contributed by atoms with Gasteiger partial charge in [0.15, 0.2) is 5.71 Å². The van der Waals surface area contributed by atoms with E-state index in [-0.39, 0.29) is 17.0 Å². The summed E-state index contributed by atoms with van der Waals surface area (Å²) in [5, 5.41) is 11.7. The molecule has 0 spiro atoms. The molecule has 0 saturated carbocycles. The minimum absolute atomic E-state index is 0.0717. The number of para-hydroxylation sites is 2. The highest BCUT2D eigenvalue weighted by molar-refractivity contribution is 6.41. The number of benzene rings is 2. The van der Waals surface area contributed by atoms with E-state index in [4.69, 9.17) is 0 Å². The molecule has 0 fully saturated rings. The Balaban J connectivity index is 1.62. The number of aromatic nitrogens is 1. The fraction of sp³-hybridized carbons (Fsp3) is 0.167. The fourth-order valence-electron chi connectivity index (χ4n) is 4.48. The second-order valence-electron chi connectivity index (χ2n) is 7.95. The Morgan fingerprint density at radius 2 is 1.79 bits per heavy atom. The van der Waals surface area contributed by atoms with E-state index in [1.165, 1.54) is 5.56 Å². The molecule has 2 N–H and O–H groups in total.